The molecule has 0 atom stereocenters. The quantitative estimate of drug-likeness (QED) is 0.450. The van der Waals surface area contributed by atoms with Crippen LogP contribution in [0.25, 0.3) is 0 Å². The average molecular weight is 355 g/mol. The fourth-order valence-electron chi connectivity index (χ4n) is 3.17. The van der Waals surface area contributed by atoms with Crippen molar-refractivity contribution < 1.29 is 9.47 Å². The first kappa shape index (κ1) is 20.4. The number of aryl methyl sites for hydroxylation is 3. The first-order chi connectivity index (χ1) is 12.5. The molecule has 0 aliphatic heterocycles. The van der Waals surface area contributed by atoms with E-state index in [1.807, 2.05) is 0 Å². The predicted octanol–water partition coefficient (Wildman–Crippen LogP) is 6.56. The Morgan fingerprint density at radius 3 is 2.12 bits per heavy atom. The first-order valence-electron chi connectivity index (χ1n) is 10.00. The summed E-state index contributed by atoms with van der Waals surface area (Å²) in [5.74, 6) is 2.06. The maximum Gasteiger partial charge on any atom is 0.125 e. The molecule has 0 fully saturated rings. The zero-order valence-electron chi connectivity index (χ0n) is 17.2. The Morgan fingerprint density at radius 1 is 0.731 bits per heavy atom. The van der Waals surface area contributed by atoms with Crippen molar-refractivity contribution in [1.29, 1.82) is 0 Å². The standard InChI is InChI=1S/C24H34O2/c1-6-8-12-25-23-16-18(3)10-11-21(23)17-22-15-19(4)14-20(5)24(22)26-13-9-7-2/h10-11,14-16H,6-9,12-13,17H2,1-5H3. The molecule has 142 valence electrons. The van der Waals surface area contributed by atoms with Gasteiger partial charge in [0.15, 0.2) is 0 Å². The Kier molecular flexibility index (Phi) is 8.03. The van der Waals surface area contributed by atoms with Gasteiger partial charge in [-0.25, -0.2) is 0 Å². The SMILES string of the molecule is CCCCOc1cc(C)ccc1Cc1cc(C)cc(C)c1OCCCC. The topological polar surface area (TPSA) is 18.5 Å². The van der Waals surface area contributed by atoms with Gasteiger partial charge in [-0.1, -0.05) is 56.5 Å². The molecule has 2 rings (SSSR count). The molecule has 0 radical (unpaired) electrons. The molecule has 0 amide bonds. The van der Waals surface area contributed by atoms with E-state index in [1.54, 1.807) is 0 Å². The Bertz CT molecular complexity index is 704. The van der Waals surface area contributed by atoms with E-state index in [-0.39, 0.29) is 0 Å². The largest absolute Gasteiger partial charge is 0.493 e. The van der Waals surface area contributed by atoms with E-state index in [0.29, 0.717) is 0 Å². The molecule has 2 nitrogen and oxygen atoms in total. The summed E-state index contributed by atoms with van der Waals surface area (Å²) in [5.41, 5.74) is 6.22. The summed E-state index contributed by atoms with van der Waals surface area (Å²) in [6, 6.07) is 11.0. The van der Waals surface area contributed by atoms with Crippen LogP contribution in [0.3, 0.4) is 0 Å². The third kappa shape index (κ3) is 5.79. The second-order valence-electron chi connectivity index (χ2n) is 7.26. The summed E-state index contributed by atoms with van der Waals surface area (Å²) in [6.45, 7) is 12.4. The molecule has 0 aliphatic carbocycles. The van der Waals surface area contributed by atoms with Crippen molar-refractivity contribution in [1.82, 2.24) is 0 Å². The van der Waals surface area contributed by atoms with Crippen molar-refractivity contribution >= 4 is 0 Å². The number of rotatable bonds is 10. The molecule has 0 aliphatic rings. The molecule has 0 unspecified atom stereocenters. The number of hydrogen-bond acceptors (Lipinski definition) is 2. The molecule has 2 heteroatoms. The van der Waals surface area contributed by atoms with Crippen LogP contribution in [0.4, 0.5) is 0 Å². The highest BCUT2D eigenvalue weighted by Crippen LogP contribution is 2.31. The molecule has 2 aromatic carbocycles. The lowest BCUT2D eigenvalue weighted by atomic mass is 9.98. The van der Waals surface area contributed by atoms with Crippen molar-refractivity contribution in [3.8, 4) is 11.5 Å². The zero-order chi connectivity index (χ0) is 18.9. The highest BCUT2D eigenvalue weighted by Gasteiger charge is 2.13. The summed E-state index contributed by atoms with van der Waals surface area (Å²) >= 11 is 0. The summed E-state index contributed by atoms with van der Waals surface area (Å²) in [6.07, 6.45) is 5.30. The number of ether oxygens (including phenoxy) is 2. The van der Waals surface area contributed by atoms with Gasteiger partial charge in [0.1, 0.15) is 11.5 Å². The van der Waals surface area contributed by atoms with Gasteiger partial charge >= 0.3 is 0 Å². The number of benzene rings is 2. The lowest BCUT2D eigenvalue weighted by molar-refractivity contribution is 0.302. The van der Waals surface area contributed by atoms with Gasteiger partial charge in [-0.3, -0.25) is 0 Å². The molecule has 2 aromatic rings. The van der Waals surface area contributed by atoms with Crippen molar-refractivity contribution in [2.45, 2.75) is 66.7 Å². The maximum atomic E-state index is 6.16. The van der Waals surface area contributed by atoms with E-state index < -0.39 is 0 Å². The molecule has 26 heavy (non-hydrogen) atoms. The summed E-state index contributed by atoms with van der Waals surface area (Å²) in [4.78, 5) is 0. The Balaban J connectivity index is 2.29. The van der Waals surface area contributed by atoms with Gasteiger partial charge in [-0.15, -0.1) is 0 Å². The second-order valence-corrected chi connectivity index (χ2v) is 7.26. The molecular formula is C24H34O2. The summed E-state index contributed by atoms with van der Waals surface area (Å²) in [5, 5.41) is 0. The van der Waals surface area contributed by atoms with Crippen LogP contribution in [0.5, 0.6) is 11.5 Å². The van der Waals surface area contributed by atoms with Gasteiger partial charge in [-0.2, -0.15) is 0 Å². The fraction of sp³-hybridized carbons (Fsp3) is 0.500. The van der Waals surface area contributed by atoms with Crippen LogP contribution in [0.15, 0.2) is 30.3 Å². The normalized spacial score (nSPS) is 10.8. The monoisotopic (exact) mass is 354 g/mol. The third-order valence-corrected chi connectivity index (χ3v) is 4.60. The van der Waals surface area contributed by atoms with Crippen molar-refractivity contribution in [3.05, 3.63) is 58.1 Å². The molecule has 0 saturated carbocycles. The lowest BCUT2D eigenvalue weighted by Crippen LogP contribution is -2.05. The van der Waals surface area contributed by atoms with E-state index in [1.165, 1.54) is 27.8 Å². The van der Waals surface area contributed by atoms with Gasteiger partial charge in [0.05, 0.1) is 13.2 Å². The molecular weight excluding hydrogens is 320 g/mol. The average Bonchev–Trinajstić information content (AvgIpc) is 2.59. The highest BCUT2D eigenvalue weighted by molar-refractivity contribution is 5.48. The van der Waals surface area contributed by atoms with E-state index in [0.717, 1.165) is 56.8 Å². The highest BCUT2D eigenvalue weighted by atomic mass is 16.5. The van der Waals surface area contributed by atoms with E-state index in [2.05, 4.69) is 65.0 Å². The molecule has 0 saturated heterocycles. The van der Waals surface area contributed by atoms with Gasteiger partial charge < -0.3 is 9.47 Å². The van der Waals surface area contributed by atoms with Crippen LogP contribution in [0.1, 0.15) is 67.3 Å². The molecule has 0 spiro atoms. The maximum absolute atomic E-state index is 6.16. The van der Waals surface area contributed by atoms with Gasteiger partial charge in [0, 0.05) is 6.42 Å². The fourth-order valence-corrected chi connectivity index (χ4v) is 3.17. The number of hydrogen-bond donors (Lipinski definition) is 0. The van der Waals surface area contributed by atoms with E-state index in [9.17, 15) is 0 Å². The van der Waals surface area contributed by atoms with Gasteiger partial charge in [-0.05, 0) is 61.9 Å². The molecule has 0 N–H and O–H groups in total. The molecule has 0 aromatic heterocycles. The Labute approximate surface area is 159 Å². The van der Waals surface area contributed by atoms with Crippen molar-refractivity contribution in [2.75, 3.05) is 13.2 Å². The smallest absolute Gasteiger partial charge is 0.125 e. The van der Waals surface area contributed by atoms with Gasteiger partial charge in [0.25, 0.3) is 0 Å². The molecule has 0 heterocycles. The second kappa shape index (κ2) is 10.3. The lowest BCUT2D eigenvalue weighted by Gasteiger charge is -2.17. The zero-order valence-corrected chi connectivity index (χ0v) is 17.2. The minimum atomic E-state index is 0.777. The van der Waals surface area contributed by atoms with Gasteiger partial charge in [0.2, 0.25) is 0 Å². The van der Waals surface area contributed by atoms with Crippen LogP contribution in [0.2, 0.25) is 0 Å². The van der Waals surface area contributed by atoms with Crippen LogP contribution >= 0.6 is 0 Å². The minimum Gasteiger partial charge on any atom is -0.493 e. The van der Waals surface area contributed by atoms with Crippen LogP contribution < -0.4 is 9.47 Å². The Morgan fingerprint density at radius 2 is 1.42 bits per heavy atom. The molecule has 0 bridgehead atoms. The third-order valence-electron chi connectivity index (χ3n) is 4.60. The predicted molar refractivity (Wildman–Crippen MR) is 111 cm³/mol. The minimum absolute atomic E-state index is 0.777. The van der Waals surface area contributed by atoms with E-state index in [4.69, 9.17) is 9.47 Å². The van der Waals surface area contributed by atoms with Crippen LogP contribution in [0, 0.1) is 20.8 Å². The Hall–Kier alpha value is -1.96. The van der Waals surface area contributed by atoms with Crippen molar-refractivity contribution in [3.63, 3.8) is 0 Å². The van der Waals surface area contributed by atoms with Crippen molar-refractivity contribution in [2.24, 2.45) is 0 Å². The van der Waals surface area contributed by atoms with Crippen LogP contribution in [-0.4, -0.2) is 13.2 Å². The summed E-state index contributed by atoms with van der Waals surface area (Å²) < 4.78 is 12.2. The number of unbranched alkanes of at least 4 members (excludes halogenated alkanes) is 2. The van der Waals surface area contributed by atoms with E-state index >= 15 is 0 Å². The first-order valence-corrected chi connectivity index (χ1v) is 10.00. The van der Waals surface area contributed by atoms with Crippen LogP contribution in [-0.2, 0) is 6.42 Å². The summed E-state index contributed by atoms with van der Waals surface area (Å²) in [7, 11) is 0.